The summed E-state index contributed by atoms with van der Waals surface area (Å²) < 4.78 is 10.0. The Morgan fingerprint density at radius 2 is 1.76 bits per heavy atom. The summed E-state index contributed by atoms with van der Waals surface area (Å²) >= 11 is 0. The van der Waals surface area contributed by atoms with E-state index in [1.54, 1.807) is 43.3 Å². The van der Waals surface area contributed by atoms with E-state index in [0.29, 0.717) is 11.4 Å². The van der Waals surface area contributed by atoms with Crippen LogP contribution in [0.25, 0.3) is 0 Å². The average Bonchev–Trinajstić information content (AvgIpc) is 2.44. The van der Waals surface area contributed by atoms with Crippen LogP contribution in [0, 0.1) is 0 Å². The molecule has 8 nitrogen and oxygen atoms in total. The van der Waals surface area contributed by atoms with Crippen molar-refractivity contribution in [3.05, 3.63) is 36.0 Å². The predicted molar refractivity (Wildman–Crippen MR) is 91.6 cm³/mol. The van der Waals surface area contributed by atoms with Crippen molar-refractivity contribution in [3.8, 4) is 0 Å². The quantitative estimate of drug-likeness (QED) is 0.471. The Labute approximate surface area is 145 Å². The molecule has 1 heterocycles. The fourth-order valence-electron chi connectivity index (χ4n) is 2.11. The molecule has 0 saturated carbocycles. The first kappa shape index (κ1) is 18.5. The number of nitrogens with one attached hydrogen (secondary N) is 2. The second-order valence-corrected chi connectivity index (χ2v) is 6.25. The van der Waals surface area contributed by atoms with Gasteiger partial charge in [0.2, 0.25) is 5.91 Å². The van der Waals surface area contributed by atoms with Gasteiger partial charge in [0.1, 0.15) is 0 Å². The van der Waals surface area contributed by atoms with E-state index in [0.717, 1.165) is 0 Å². The Bertz CT molecular complexity index is 703. The first-order chi connectivity index (χ1) is 11.7. The third-order valence-corrected chi connectivity index (χ3v) is 3.11. The highest BCUT2D eigenvalue weighted by Crippen LogP contribution is 2.23. The summed E-state index contributed by atoms with van der Waals surface area (Å²) in [5.41, 5.74) is 0.937. The fraction of sp³-hybridized carbons (Fsp3) is 0.353. The maximum atomic E-state index is 11.9. The molecule has 1 aliphatic rings. The second kappa shape index (κ2) is 7.35. The van der Waals surface area contributed by atoms with Gasteiger partial charge in [-0.15, -0.1) is 0 Å². The highest BCUT2D eigenvalue weighted by Gasteiger charge is 2.38. The molecule has 134 valence electrons. The average molecular weight is 347 g/mol. The molecule has 1 saturated heterocycles. The molecular weight excluding hydrogens is 326 g/mol. The van der Waals surface area contributed by atoms with Crippen LogP contribution in [-0.4, -0.2) is 49.2 Å². The largest absolute Gasteiger partial charge is 0.419 e. The standard InChI is InChI=1S/C17H21N3O5/c1-17(2)24-15(22)13(16(23)25-17)9-18-11-6-5-7-12(8-11)19-14(21)10-20(3)4/h5-9,18H,10H2,1-4H3,(H,19,21). The lowest BCUT2D eigenvalue weighted by Gasteiger charge is -2.29. The number of hydrogen-bond donors (Lipinski definition) is 2. The molecule has 1 aromatic rings. The van der Waals surface area contributed by atoms with Gasteiger partial charge in [0, 0.05) is 31.4 Å². The number of carbonyl (C=O) groups excluding carboxylic acids is 3. The Kier molecular flexibility index (Phi) is 5.43. The molecule has 0 atom stereocenters. The summed E-state index contributed by atoms with van der Waals surface area (Å²) in [6.07, 6.45) is 1.22. The molecule has 0 bridgehead atoms. The summed E-state index contributed by atoms with van der Waals surface area (Å²) in [4.78, 5) is 37.3. The maximum absolute atomic E-state index is 11.9. The summed E-state index contributed by atoms with van der Waals surface area (Å²) in [5.74, 6) is -2.95. The first-order valence-electron chi connectivity index (χ1n) is 7.64. The molecule has 0 aliphatic carbocycles. The van der Waals surface area contributed by atoms with E-state index in [1.165, 1.54) is 20.0 Å². The number of amides is 1. The fourth-order valence-corrected chi connectivity index (χ4v) is 2.11. The molecule has 25 heavy (non-hydrogen) atoms. The number of carbonyl (C=O) groups is 3. The van der Waals surface area contributed by atoms with E-state index >= 15 is 0 Å². The minimum Gasteiger partial charge on any atom is -0.419 e. The smallest absolute Gasteiger partial charge is 0.350 e. The summed E-state index contributed by atoms with van der Waals surface area (Å²) in [5, 5.41) is 5.59. The number of rotatable bonds is 5. The number of benzene rings is 1. The number of ether oxygens (including phenoxy) is 2. The summed E-state index contributed by atoms with van der Waals surface area (Å²) in [7, 11) is 3.60. The van der Waals surface area contributed by atoms with E-state index in [9.17, 15) is 14.4 Å². The molecule has 0 aromatic heterocycles. The number of esters is 2. The van der Waals surface area contributed by atoms with Crippen LogP contribution >= 0.6 is 0 Å². The topological polar surface area (TPSA) is 97.0 Å². The molecule has 2 rings (SSSR count). The van der Waals surface area contributed by atoms with Crippen LogP contribution in [0.15, 0.2) is 36.0 Å². The number of likely N-dealkylation sites (N-methyl/N-ethyl adjacent to an activating group) is 1. The number of cyclic esters (lactones) is 2. The van der Waals surface area contributed by atoms with Gasteiger partial charge in [-0.3, -0.25) is 4.79 Å². The van der Waals surface area contributed by atoms with Crippen molar-refractivity contribution in [2.24, 2.45) is 0 Å². The van der Waals surface area contributed by atoms with E-state index in [2.05, 4.69) is 10.6 Å². The zero-order chi connectivity index (χ0) is 18.6. The lowest BCUT2D eigenvalue weighted by molar-refractivity contribution is -0.222. The van der Waals surface area contributed by atoms with Gasteiger partial charge in [0.15, 0.2) is 5.57 Å². The Morgan fingerprint density at radius 1 is 1.16 bits per heavy atom. The number of nitrogens with zero attached hydrogens (tertiary/aromatic N) is 1. The molecule has 1 aromatic carbocycles. The zero-order valence-corrected chi connectivity index (χ0v) is 14.6. The molecule has 0 spiro atoms. The highest BCUT2D eigenvalue weighted by atomic mass is 16.7. The van der Waals surface area contributed by atoms with Crippen molar-refractivity contribution >= 4 is 29.2 Å². The maximum Gasteiger partial charge on any atom is 0.350 e. The van der Waals surface area contributed by atoms with E-state index in [4.69, 9.17) is 9.47 Å². The van der Waals surface area contributed by atoms with E-state index in [-0.39, 0.29) is 18.0 Å². The molecule has 0 unspecified atom stereocenters. The minimum atomic E-state index is -1.28. The molecule has 1 fully saturated rings. The van der Waals surface area contributed by atoms with Gasteiger partial charge in [0.05, 0.1) is 6.54 Å². The zero-order valence-electron chi connectivity index (χ0n) is 14.6. The van der Waals surface area contributed by atoms with Gasteiger partial charge in [-0.2, -0.15) is 0 Å². The SMILES string of the molecule is CN(C)CC(=O)Nc1cccc(NC=C2C(=O)OC(C)(C)OC2=O)c1. The van der Waals surface area contributed by atoms with E-state index < -0.39 is 17.7 Å². The minimum absolute atomic E-state index is 0.151. The molecule has 2 N–H and O–H groups in total. The van der Waals surface area contributed by atoms with E-state index in [1.807, 2.05) is 0 Å². The van der Waals surface area contributed by atoms with Gasteiger partial charge >= 0.3 is 11.9 Å². The second-order valence-electron chi connectivity index (χ2n) is 6.25. The molecule has 1 amide bonds. The number of anilines is 2. The van der Waals surface area contributed by atoms with Crippen LogP contribution in [0.1, 0.15) is 13.8 Å². The Balaban J connectivity index is 2.06. The van der Waals surface area contributed by atoms with Crippen molar-refractivity contribution in [1.29, 1.82) is 0 Å². The van der Waals surface area contributed by atoms with Gasteiger partial charge in [-0.25, -0.2) is 9.59 Å². The lowest BCUT2D eigenvalue weighted by Crippen LogP contribution is -2.42. The van der Waals surface area contributed by atoms with Crippen LogP contribution in [0.3, 0.4) is 0 Å². The Morgan fingerprint density at radius 3 is 2.36 bits per heavy atom. The molecule has 8 heteroatoms. The third-order valence-electron chi connectivity index (χ3n) is 3.11. The predicted octanol–water partition coefficient (Wildman–Crippen LogP) is 1.32. The molecule has 1 aliphatic heterocycles. The van der Waals surface area contributed by atoms with Crippen molar-refractivity contribution in [2.75, 3.05) is 31.3 Å². The molecular formula is C17H21N3O5. The highest BCUT2D eigenvalue weighted by molar-refractivity contribution is 6.15. The lowest BCUT2D eigenvalue weighted by atomic mass is 10.2. The van der Waals surface area contributed by atoms with Gasteiger partial charge in [0.25, 0.3) is 5.79 Å². The van der Waals surface area contributed by atoms with Gasteiger partial charge < -0.3 is 25.0 Å². The van der Waals surface area contributed by atoms with Crippen molar-refractivity contribution in [1.82, 2.24) is 4.90 Å². The van der Waals surface area contributed by atoms with Crippen LogP contribution in [0.4, 0.5) is 11.4 Å². The van der Waals surface area contributed by atoms with Gasteiger partial charge in [-0.1, -0.05) is 6.07 Å². The summed E-state index contributed by atoms with van der Waals surface area (Å²) in [6.45, 7) is 3.22. The van der Waals surface area contributed by atoms with Crippen molar-refractivity contribution < 1.29 is 23.9 Å². The molecule has 0 radical (unpaired) electrons. The Hall–Kier alpha value is -2.87. The van der Waals surface area contributed by atoms with Crippen LogP contribution in [-0.2, 0) is 23.9 Å². The van der Waals surface area contributed by atoms with Crippen molar-refractivity contribution in [3.63, 3.8) is 0 Å². The summed E-state index contributed by atoms with van der Waals surface area (Å²) in [6, 6.07) is 6.86. The monoisotopic (exact) mass is 347 g/mol. The number of hydrogen-bond acceptors (Lipinski definition) is 7. The van der Waals surface area contributed by atoms with Crippen molar-refractivity contribution in [2.45, 2.75) is 19.6 Å². The van der Waals surface area contributed by atoms with Crippen LogP contribution in [0.2, 0.25) is 0 Å². The first-order valence-corrected chi connectivity index (χ1v) is 7.64. The van der Waals surface area contributed by atoms with Crippen LogP contribution < -0.4 is 10.6 Å². The third kappa shape index (κ3) is 5.32. The van der Waals surface area contributed by atoms with Gasteiger partial charge in [-0.05, 0) is 32.3 Å². The normalized spacial score (nSPS) is 16.1. The van der Waals surface area contributed by atoms with Crippen LogP contribution in [0.5, 0.6) is 0 Å².